The van der Waals surface area contributed by atoms with Gasteiger partial charge in [-0.2, -0.15) is 0 Å². The first-order chi connectivity index (χ1) is 14.5. The average molecular weight is 410 g/mol. The molecule has 0 radical (unpaired) electrons. The van der Waals surface area contributed by atoms with Gasteiger partial charge in [0.2, 0.25) is 0 Å². The molecule has 0 amide bonds. The molecule has 0 saturated carbocycles. The van der Waals surface area contributed by atoms with Crippen molar-refractivity contribution in [1.82, 2.24) is 0 Å². The van der Waals surface area contributed by atoms with E-state index in [1.54, 1.807) is 24.3 Å². The summed E-state index contributed by atoms with van der Waals surface area (Å²) in [5.41, 5.74) is 1.10. The van der Waals surface area contributed by atoms with Crippen LogP contribution in [0.4, 0.5) is 0 Å². The SMILES string of the molecule is COC(=O)C(=Cc1ccccc1OC/C=C/C(=O)OCc1ccccc1)C(=O)OC. The van der Waals surface area contributed by atoms with Crippen LogP contribution < -0.4 is 4.74 Å². The van der Waals surface area contributed by atoms with Gasteiger partial charge in [0.15, 0.2) is 0 Å². The van der Waals surface area contributed by atoms with Gasteiger partial charge in [-0.25, -0.2) is 14.4 Å². The lowest BCUT2D eigenvalue weighted by atomic mass is 10.1. The second kappa shape index (κ2) is 11.9. The number of hydrogen-bond donors (Lipinski definition) is 0. The molecule has 0 N–H and O–H groups in total. The van der Waals surface area contributed by atoms with Crippen LogP contribution in [-0.4, -0.2) is 38.7 Å². The normalized spacial score (nSPS) is 10.2. The van der Waals surface area contributed by atoms with Gasteiger partial charge in [0.1, 0.15) is 24.5 Å². The summed E-state index contributed by atoms with van der Waals surface area (Å²) in [6.07, 6.45) is 4.11. The van der Waals surface area contributed by atoms with Crippen molar-refractivity contribution in [3.8, 4) is 5.75 Å². The number of carbonyl (C=O) groups is 3. The van der Waals surface area contributed by atoms with E-state index in [0.29, 0.717) is 11.3 Å². The average Bonchev–Trinajstić information content (AvgIpc) is 2.79. The third-order valence-corrected chi connectivity index (χ3v) is 3.84. The maximum absolute atomic E-state index is 11.8. The van der Waals surface area contributed by atoms with Crippen molar-refractivity contribution in [2.45, 2.75) is 6.61 Å². The van der Waals surface area contributed by atoms with Crippen molar-refractivity contribution in [2.75, 3.05) is 20.8 Å². The molecule has 2 rings (SSSR count). The highest BCUT2D eigenvalue weighted by molar-refractivity contribution is 6.17. The van der Waals surface area contributed by atoms with Gasteiger partial charge in [-0.3, -0.25) is 0 Å². The predicted octanol–water partition coefficient (Wildman–Crippen LogP) is 3.09. The van der Waals surface area contributed by atoms with E-state index >= 15 is 0 Å². The van der Waals surface area contributed by atoms with Crippen LogP contribution in [0, 0.1) is 0 Å². The summed E-state index contributed by atoms with van der Waals surface area (Å²) in [6.45, 7) is 0.263. The molecule has 0 bridgehead atoms. The summed E-state index contributed by atoms with van der Waals surface area (Å²) < 4.78 is 20.0. The van der Waals surface area contributed by atoms with Crippen molar-refractivity contribution < 1.29 is 33.3 Å². The van der Waals surface area contributed by atoms with Crippen molar-refractivity contribution in [3.63, 3.8) is 0 Å². The first-order valence-corrected chi connectivity index (χ1v) is 9.02. The summed E-state index contributed by atoms with van der Waals surface area (Å²) in [6, 6.07) is 16.1. The van der Waals surface area contributed by atoms with Crippen LogP contribution in [0.25, 0.3) is 6.08 Å². The van der Waals surface area contributed by atoms with Crippen molar-refractivity contribution in [1.29, 1.82) is 0 Å². The molecular formula is C23H22O7. The van der Waals surface area contributed by atoms with Gasteiger partial charge in [0.05, 0.1) is 14.2 Å². The van der Waals surface area contributed by atoms with Gasteiger partial charge >= 0.3 is 17.9 Å². The van der Waals surface area contributed by atoms with Crippen LogP contribution in [0.5, 0.6) is 5.75 Å². The van der Waals surface area contributed by atoms with E-state index in [-0.39, 0.29) is 18.8 Å². The van der Waals surface area contributed by atoms with E-state index < -0.39 is 17.9 Å². The number of rotatable bonds is 9. The summed E-state index contributed by atoms with van der Waals surface area (Å²) in [5.74, 6) is -1.73. The molecular weight excluding hydrogens is 388 g/mol. The second-order valence-electron chi connectivity index (χ2n) is 5.89. The molecule has 7 heteroatoms. The fraction of sp³-hybridized carbons (Fsp3) is 0.174. The summed E-state index contributed by atoms with van der Waals surface area (Å²) in [5, 5.41) is 0. The number of para-hydroxylation sites is 1. The highest BCUT2D eigenvalue weighted by atomic mass is 16.5. The smallest absolute Gasteiger partial charge is 0.345 e. The molecule has 0 aliphatic rings. The van der Waals surface area contributed by atoms with Gasteiger partial charge in [0.25, 0.3) is 0 Å². The Bertz CT molecular complexity index is 912. The van der Waals surface area contributed by atoms with Crippen LogP contribution in [0.3, 0.4) is 0 Å². The Kier molecular flexibility index (Phi) is 8.86. The standard InChI is InChI=1S/C23H22O7/c1-27-22(25)19(23(26)28-2)15-18-11-6-7-12-20(18)29-14-8-13-21(24)30-16-17-9-4-3-5-10-17/h3-13,15H,14,16H2,1-2H3/b13-8+. The molecule has 2 aromatic carbocycles. The minimum Gasteiger partial charge on any atom is -0.489 e. The zero-order chi connectivity index (χ0) is 21.8. The highest BCUT2D eigenvalue weighted by Gasteiger charge is 2.20. The van der Waals surface area contributed by atoms with Gasteiger partial charge in [-0.05, 0) is 23.8 Å². The Morgan fingerprint density at radius 3 is 2.17 bits per heavy atom. The Hall–Kier alpha value is -3.87. The van der Waals surface area contributed by atoms with Crippen LogP contribution >= 0.6 is 0 Å². The molecule has 0 aliphatic heterocycles. The van der Waals surface area contributed by atoms with Crippen molar-refractivity contribution in [2.24, 2.45) is 0 Å². The molecule has 0 atom stereocenters. The first-order valence-electron chi connectivity index (χ1n) is 9.02. The summed E-state index contributed by atoms with van der Waals surface area (Å²) in [4.78, 5) is 35.4. The van der Waals surface area contributed by atoms with Gasteiger partial charge in [-0.1, -0.05) is 48.5 Å². The first kappa shape index (κ1) is 22.4. The van der Waals surface area contributed by atoms with Crippen LogP contribution in [0.1, 0.15) is 11.1 Å². The number of benzene rings is 2. The van der Waals surface area contributed by atoms with Crippen molar-refractivity contribution in [3.05, 3.63) is 83.4 Å². The molecule has 0 spiro atoms. The fourth-order valence-corrected chi connectivity index (χ4v) is 2.37. The molecule has 0 aromatic heterocycles. The Labute approximate surface area is 174 Å². The third-order valence-electron chi connectivity index (χ3n) is 3.84. The Morgan fingerprint density at radius 2 is 1.50 bits per heavy atom. The fourth-order valence-electron chi connectivity index (χ4n) is 2.37. The highest BCUT2D eigenvalue weighted by Crippen LogP contribution is 2.22. The monoisotopic (exact) mass is 410 g/mol. The largest absolute Gasteiger partial charge is 0.489 e. The summed E-state index contributed by atoms with van der Waals surface area (Å²) >= 11 is 0. The molecule has 7 nitrogen and oxygen atoms in total. The lowest BCUT2D eigenvalue weighted by Crippen LogP contribution is -2.15. The number of esters is 3. The number of hydrogen-bond acceptors (Lipinski definition) is 7. The van der Waals surface area contributed by atoms with Crippen LogP contribution in [0.2, 0.25) is 0 Å². The van der Waals surface area contributed by atoms with Crippen molar-refractivity contribution >= 4 is 24.0 Å². The maximum atomic E-state index is 11.8. The quantitative estimate of drug-likeness (QED) is 0.206. The molecule has 30 heavy (non-hydrogen) atoms. The molecule has 156 valence electrons. The van der Waals surface area contributed by atoms with E-state index in [1.165, 1.54) is 32.4 Å². The second-order valence-corrected chi connectivity index (χ2v) is 5.89. The Balaban J connectivity index is 1.98. The van der Waals surface area contributed by atoms with Gasteiger partial charge in [-0.15, -0.1) is 0 Å². The van der Waals surface area contributed by atoms with E-state index in [1.807, 2.05) is 30.3 Å². The molecule has 0 unspecified atom stereocenters. The third kappa shape index (κ3) is 6.94. The number of carbonyl (C=O) groups excluding carboxylic acids is 3. The Morgan fingerprint density at radius 1 is 0.867 bits per heavy atom. The zero-order valence-corrected chi connectivity index (χ0v) is 16.7. The molecule has 2 aromatic rings. The van der Waals surface area contributed by atoms with Crippen LogP contribution in [-0.2, 0) is 35.2 Å². The number of ether oxygens (including phenoxy) is 4. The number of methoxy groups -OCH3 is 2. The van der Waals surface area contributed by atoms with Crippen LogP contribution in [0.15, 0.2) is 72.3 Å². The zero-order valence-electron chi connectivity index (χ0n) is 16.7. The van der Waals surface area contributed by atoms with E-state index in [0.717, 1.165) is 5.56 Å². The minimum absolute atomic E-state index is 0.0804. The van der Waals surface area contributed by atoms with Gasteiger partial charge < -0.3 is 18.9 Å². The predicted molar refractivity (Wildman–Crippen MR) is 109 cm³/mol. The van der Waals surface area contributed by atoms with Gasteiger partial charge in [0, 0.05) is 11.6 Å². The lowest BCUT2D eigenvalue weighted by molar-refractivity contribution is -0.144. The summed E-state index contributed by atoms with van der Waals surface area (Å²) in [7, 11) is 2.34. The lowest BCUT2D eigenvalue weighted by Gasteiger charge is -2.09. The molecule has 0 fully saturated rings. The minimum atomic E-state index is -0.822. The maximum Gasteiger partial charge on any atom is 0.345 e. The molecule has 0 heterocycles. The topological polar surface area (TPSA) is 88.1 Å². The molecule has 0 aliphatic carbocycles. The van der Waals surface area contributed by atoms with E-state index in [4.69, 9.17) is 9.47 Å². The van der Waals surface area contributed by atoms with E-state index in [2.05, 4.69) is 9.47 Å². The molecule has 0 saturated heterocycles. The van der Waals surface area contributed by atoms with E-state index in [9.17, 15) is 14.4 Å².